The second kappa shape index (κ2) is 4.63. The molecule has 0 spiro atoms. The number of halogens is 1. The van der Waals surface area contributed by atoms with Crippen LogP contribution in [-0.2, 0) is 25.1 Å². The van der Waals surface area contributed by atoms with Crippen molar-refractivity contribution in [3.63, 3.8) is 0 Å². The van der Waals surface area contributed by atoms with E-state index in [-0.39, 0.29) is 23.8 Å². The summed E-state index contributed by atoms with van der Waals surface area (Å²) >= 11 is 0. The molecule has 6 nitrogen and oxygen atoms in total. The van der Waals surface area contributed by atoms with E-state index in [9.17, 15) is 13.2 Å². The van der Waals surface area contributed by atoms with Crippen LogP contribution in [-0.4, -0.2) is 31.3 Å². The van der Waals surface area contributed by atoms with Crippen LogP contribution in [0.1, 0.15) is 6.42 Å². The van der Waals surface area contributed by atoms with Gasteiger partial charge in [-0.1, -0.05) is 0 Å². The Labute approximate surface area is 91.2 Å². The normalized spacial score (nSPS) is 11.3. The molecular formula is C7H9ClN2O4S. The lowest BCUT2D eigenvalue weighted by Gasteiger charge is -1.98. The Kier molecular flexibility index (Phi) is 3.70. The van der Waals surface area contributed by atoms with Crippen LogP contribution in [0, 0.1) is 0 Å². The maximum atomic E-state index is 10.9. The van der Waals surface area contributed by atoms with Crippen LogP contribution in [0.15, 0.2) is 17.3 Å². The molecule has 0 aliphatic carbocycles. The van der Waals surface area contributed by atoms with Gasteiger partial charge in [-0.15, -0.1) is 0 Å². The lowest BCUT2D eigenvalue weighted by molar-refractivity contribution is -0.140. The van der Waals surface area contributed by atoms with Crippen molar-refractivity contribution >= 4 is 25.7 Å². The summed E-state index contributed by atoms with van der Waals surface area (Å²) in [6.45, 7) is 0.249. The molecular weight excluding hydrogens is 244 g/mol. The Morgan fingerprint density at radius 3 is 2.80 bits per heavy atom. The van der Waals surface area contributed by atoms with Crippen molar-refractivity contribution in [2.45, 2.75) is 17.9 Å². The molecule has 0 saturated carbocycles. The lowest BCUT2D eigenvalue weighted by atomic mass is 10.4. The number of aryl methyl sites for hydroxylation is 1. The molecule has 0 bridgehead atoms. The molecule has 1 aromatic rings. The van der Waals surface area contributed by atoms with Crippen LogP contribution >= 0.6 is 10.7 Å². The number of esters is 1. The summed E-state index contributed by atoms with van der Waals surface area (Å²) in [5.74, 6) is -0.388. The average Bonchev–Trinajstić information content (AvgIpc) is 2.61. The zero-order valence-corrected chi connectivity index (χ0v) is 9.45. The molecule has 84 valence electrons. The Bertz CT molecular complexity index is 453. The van der Waals surface area contributed by atoms with E-state index in [0.29, 0.717) is 0 Å². The molecule has 0 aliphatic heterocycles. The van der Waals surface area contributed by atoms with Gasteiger partial charge in [-0.05, 0) is 0 Å². The minimum Gasteiger partial charge on any atom is -0.469 e. The maximum Gasteiger partial charge on any atom is 0.307 e. The molecule has 0 aliphatic rings. The van der Waals surface area contributed by atoms with Crippen molar-refractivity contribution in [3.8, 4) is 0 Å². The molecule has 15 heavy (non-hydrogen) atoms. The van der Waals surface area contributed by atoms with E-state index < -0.39 is 9.05 Å². The van der Waals surface area contributed by atoms with Crippen molar-refractivity contribution in [1.29, 1.82) is 0 Å². The SMILES string of the molecule is COC(=O)CCn1cc(S(=O)(=O)Cl)cn1. The number of rotatable bonds is 4. The Morgan fingerprint density at radius 1 is 1.67 bits per heavy atom. The summed E-state index contributed by atoms with van der Waals surface area (Å²) in [6.07, 6.45) is 2.50. The molecule has 0 N–H and O–H groups in total. The number of nitrogens with zero attached hydrogens (tertiary/aromatic N) is 2. The van der Waals surface area contributed by atoms with E-state index in [1.54, 1.807) is 0 Å². The van der Waals surface area contributed by atoms with Crippen LogP contribution in [0.4, 0.5) is 0 Å². The van der Waals surface area contributed by atoms with Crippen LogP contribution in [0.2, 0.25) is 0 Å². The first kappa shape index (κ1) is 12.0. The van der Waals surface area contributed by atoms with Gasteiger partial charge in [-0.3, -0.25) is 9.48 Å². The second-order valence-corrected chi connectivity index (χ2v) is 5.27. The van der Waals surface area contributed by atoms with Crippen molar-refractivity contribution < 1.29 is 17.9 Å². The number of carbonyl (C=O) groups excluding carboxylic acids is 1. The average molecular weight is 253 g/mol. The zero-order valence-electron chi connectivity index (χ0n) is 7.88. The van der Waals surface area contributed by atoms with Crippen LogP contribution < -0.4 is 0 Å². The van der Waals surface area contributed by atoms with Gasteiger partial charge in [0.05, 0.1) is 26.3 Å². The Morgan fingerprint density at radius 2 is 2.33 bits per heavy atom. The number of carbonyl (C=O) groups is 1. The summed E-state index contributed by atoms with van der Waals surface area (Å²) in [6, 6.07) is 0. The first-order chi connectivity index (χ1) is 6.93. The van der Waals surface area contributed by atoms with E-state index in [1.807, 2.05) is 0 Å². The fraction of sp³-hybridized carbons (Fsp3) is 0.429. The molecule has 0 amide bonds. The van der Waals surface area contributed by atoms with Gasteiger partial charge < -0.3 is 4.74 Å². The smallest absolute Gasteiger partial charge is 0.307 e. The van der Waals surface area contributed by atoms with E-state index >= 15 is 0 Å². The molecule has 1 heterocycles. The highest BCUT2D eigenvalue weighted by Gasteiger charge is 2.12. The third-order valence-electron chi connectivity index (χ3n) is 1.66. The quantitative estimate of drug-likeness (QED) is 0.572. The molecule has 0 fully saturated rings. The highest BCUT2D eigenvalue weighted by molar-refractivity contribution is 8.13. The monoisotopic (exact) mass is 252 g/mol. The zero-order chi connectivity index (χ0) is 11.5. The van der Waals surface area contributed by atoms with E-state index in [4.69, 9.17) is 10.7 Å². The van der Waals surface area contributed by atoms with Gasteiger partial charge >= 0.3 is 5.97 Å². The lowest BCUT2D eigenvalue weighted by Crippen LogP contribution is -2.07. The van der Waals surface area contributed by atoms with Gasteiger partial charge in [0.25, 0.3) is 9.05 Å². The number of hydrogen-bond acceptors (Lipinski definition) is 5. The number of methoxy groups -OCH3 is 1. The largest absolute Gasteiger partial charge is 0.469 e. The number of aromatic nitrogens is 2. The van der Waals surface area contributed by atoms with E-state index in [0.717, 1.165) is 6.20 Å². The molecule has 0 aromatic carbocycles. The third-order valence-corrected chi connectivity index (χ3v) is 2.97. The molecule has 8 heteroatoms. The van der Waals surface area contributed by atoms with Gasteiger partial charge in [0, 0.05) is 16.9 Å². The van der Waals surface area contributed by atoms with Crippen molar-refractivity contribution in [2.75, 3.05) is 7.11 Å². The van der Waals surface area contributed by atoms with Crippen molar-refractivity contribution in [3.05, 3.63) is 12.4 Å². The summed E-state index contributed by atoms with van der Waals surface area (Å²) in [5, 5.41) is 3.73. The summed E-state index contributed by atoms with van der Waals surface area (Å²) < 4.78 is 27.5. The molecule has 0 unspecified atom stereocenters. The minimum atomic E-state index is -3.75. The Hall–Kier alpha value is -1.08. The Balaban J connectivity index is 2.66. The predicted octanol–water partition coefficient (Wildman–Crippen LogP) is 0.374. The van der Waals surface area contributed by atoms with Gasteiger partial charge in [-0.2, -0.15) is 5.10 Å². The summed E-state index contributed by atoms with van der Waals surface area (Å²) in [5.41, 5.74) is 0. The highest BCUT2D eigenvalue weighted by atomic mass is 35.7. The summed E-state index contributed by atoms with van der Waals surface area (Å²) in [7, 11) is 2.61. The van der Waals surface area contributed by atoms with Crippen LogP contribution in [0.5, 0.6) is 0 Å². The number of ether oxygens (including phenoxy) is 1. The van der Waals surface area contributed by atoms with Crippen molar-refractivity contribution in [1.82, 2.24) is 9.78 Å². The van der Waals surface area contributed by atoms with Crippen molar-refractivity contribution in [2.24, 2.45) is 0 Å². The van der Waals surface area contributed by atoms with Gasteiger partial charge in [0.15, 0.2) is 0 Å². The molecule has 0 atom stereocenters. The first-order valence-electron chi connectivity index (χ1n) is 3.97. The minimum absolute atomic E-state index is 0.0889. The van der Waals surface area contributed by atoms with Gasteiger partial charge in [0.1, 0.15) is 4.90 Å². The van der Waals surface area contributed by atoms with E-state index in [2.05, 4.69) is 9.84 Å². The highest BCUT2D eigenvalue weighted by Crippen LogP contribution is 2.12. The third kappa shape index (κ3) is 3.52. The van der Waals surface area contributed by atoms with Crippen LogP contribution in [0.3, 0.4) is 0 Å². The van der Waals surface area contributed by atoms with Crippen LogP contribution in [0.25, 0.3) is 0 Å². The molecule has 1 aromatic heterocycles. The molecule has 1 rings (SSSR count). The fourth-order valence-electron chi connectivity index (χ4n) is 0.901. The fourth-order valence-corrected chi connectivity index (χ4v) is 1.56. The summed E-state index contributed by atoms with van der Waals surface area (Å²) in [4.78, 5) is 10.7. The maximum absolute atomic E-state index is 10.9. The predicted molar refractivity (Wildman–Crippen MR) is 51.9 cm³/mol. The second-order valence-electron chi connectivity index (χ2n) is 2.70. The standard InChI is InChI=1S/C7H9ClN2O4S/c1-14-7(11)2-3-10-5-6(4-9-10)15(8,12)13/h4-5H,2-3H2,1H3. The number of hydrogen-bond donors (Lipinski definition) is 0. The van der Waals surface area contributed by atoms with E-state index in [1.165, 1.54) is 18.0 Å². The first-order valence-corrected chi connectivity index (χ1v) is 6.28. The topological polar surface area (TPSA) is 78.3 Å². The van der Waals surface area contributed by atoms with Gasteiger partial charge in [-0.25, -0.2) is 8.42 Å². The van der Waals surface area contributed by atoms with Gasteiger partial charge in [0.2, 0.25) is 0 Å². The molecule has 0 saturated heterocycles. The molecule has 0 radical (unpaired) electrons.